The number of esters is 1. The monoisotopic (exact) mass is 437 g/mol. The summed E-state index contributed by atoms with van der Waals surface area (Å²) in [4.78, 5) is 12.1. The van der Waals surface area contributed by atoms with Crippen LogP contribution in [0.5, 0.6) is 0 Å². The molecule has 2 heterocycles. The third kappa shape index (κ3) is 2.31. The number of carbonyl (C=O) groups excluding carboxylic acids is 1. The maximum Gasteiger partial charge on any atom is 0.357 e. The molecule has 0 bridgehead atoms. The Kier molecular flexibility index (Phi) is 3.87. The minimum absolute atomic E-state index is 0.0748. The number of nitrogens with zero attached hydrogens (tertiary/aromatic N) is 3. The summed E-state index contributed by atoms with van der Waals surface area (Å²) in [6, 6.07) is 3.79. The molecule has 2 aromatic heterocycles. The maximum absolute atomic E-state index is 12.1. The number of carbonyl (C=O) groups is 1. The van der Waals surface area contributed by atoms with Crippen molar-refractivity contribution in [1.82, 2.24) is 14.8 Å². The van der Waals surface area contributed by atoms with Gasteiger partial charge in [-0.05, 0) is 37.9 Å². The van der Waals surface area contributed by atoms with Gasteiger partial charge in [-0.1, -0.05) is 0 Å². The zero-order valence-corrected chi connectivity index (χ0v) is 14.9. The van der Waals surface area contributed by atoms with Crippen molar-refractivity contribution in [3.05, 3.63) is 38.7 Å². The average Bonchev–Trinajstić information content (AvgIpc) is 3.12. The van der Waals surface area contributed by atoms with Crippen LogP contribution >= 0.6 is 31.9 Å². The fourth-order valence-electron chi connectivity index (χ4n) is 2.36. The van der Waals surface area contributed by atoms with Crippen LogP contribution in [-0.4, -0.2) is 27.8 Å². The average molecular weight is 439 g/mol. The highest BCUT2D eigenvalue weighted by Gasteiger charge is 2.24. The molecule has 3 rings (SSSR count). The van der Waals surface area contributed by atoms with E-state index in [9.17, 15) is 10.1 Å². The van der Waals surface area contributed by atoms with E-state index in [1.807, 2.05) is 12.1 Å². The minimum atomic E-state index is -0.629. The molecule has 23 heavy (non-hydrogen) atoms. The third-order valence-corrected chi connectivity index (χ3v) is 4.63. The highest BCUT2D eigenvalue weighted by molar-refractivity contribution is 9.11. The number of aromatic nitrogens is 3. The van der Waals surface area contributed by atoms with Gasteiger partial charge in [0.25, 0.3) is 0 Å². The summed E-state index contributed by atoms with van der Waals surface area (Å²) in [5.41, 5.74) is 7.68. The van der Waals surface area contributed by atoms with E-state index in [-0.39, 0.29) is 16.9 Å². The number of ether oxygens (including phenoxy) is 1. The van der Waals surface area contributed by atoms with Crippen molar-refractivity contribution in [3.8, 4) is 11.8 Å². The first-order chi connectivity index (χ1) is 11.0. The molecule has 0 fully saturated rings. The van der Waals surface area contributed by atoms with Gasteiger partial charge in [-0.15, -0.1) is 0 Å². The Labute approximate surface area is 147 Å². The molecule has 116 valence electrons. The molecular weight excluding hydrogens is 430 g/mol. The van der Waals surface area contributed by atoms with Crippen molar-refractivity contribution in [3.63, 3.8) is 0 Å². The van der Waals surface area contributed by atoms with E-state index in [0.717, 1.165) is 15.4 Å². The molecule has 0 aliphatic rings. The normalized spacial score (nSPS) is 10.7. The summed E-state index contributed by atoms with van der Waals surface area (Å²) >= 11 is 6.93. The molecule has 1 aromatic carbocycles. The van der Waals surface area contributed by atoms with Crippen LogP contribution in [0, 0.1) is 11.3 Å². The predicted octanol–water partition coefficient (Wildman–Crippen LogP) is 3.12. The SMILES string of the molecule is COC(=O)c1c(N)c(C#N)cn1-c1c(Br)cc(Br)c2[nH]ncc12. The van der Waals surface area contributed by atoms with E-state index in [1.54, 1.807) is 6.20 Å². The van der Waals surface area contributed by atoms with Gasteiger partial charge in [0.15, 0.2) is 5.69 Å². The quantitative estimate of drug-likeness (QED) is 0.597. The number of rotatable bonds is 2. The molecule has 3 aromatic rings. The van der Waals surface area contributed by atoms with Gasteiger partial charge >= 0.3 is 5.97 Å². The van der Waals surface area contributed by atoms with E-state index >= 15 is 0 Å². The standard InChI is InChI=1S/C14H9Br2N5O2/c1-23-14(22)13-10(18)6(3-17)5-21(13)12-7-4-19-20-11(7)8(15)2-9(12)16/h2,4-5H,18H2,1H3,(H,19,20). The Hall–Kier alpha value is -2.31. The third-order valence-electron chi connectivity index (χ3n) is 3.40. The van der Waals surface area contributed by atoms with Crippen LogP contribution < -0.4 is 5.73 Å². The van der Waals surface area contributed by atoms with Gasteiger partial charge in [-0.3, -0.25) is 5.10 Å². The van der Waals surface area contributed by atoms with Gasteiger partial charge in [-0.25, -0.2) is 4.79 Å². The first kappa shape index (κ1) is 15.6. The number of fused-ring (bicyclic) bond motifs is 1. The molecule has 0 saturated carbocycles. The summed E-state index contributed by atoms with van der Waals surface area (Å²) in [6.45, 7) is 0. The molecule has 0 amide bonds. The molecule has 0 aliphatic carbocycles. The second kappa shape index (κ2) is 5.72. The summed E-state index contributed by atoms with van der Waals surface area (Å²) in [5.74, 6) is -0.629. The topological polar surface area (TPSA) is 110 Å². The van der Waals surface area contributed by atoms with Crippen LogP contribution in [0.2, 0.25) is 0 Å². The number of nitriles is 1. The summed E-state index contributed by atoms with van der Waals surface area (Å²) in [5, 5.41) is 16.9. The highest BCUT2D eigenvalue weighted by Crippen LogP contribution is 2.37. The van der Waals surface area contributed by atoms with Crippen molar-refractivity contribution < 1.29 is 9.53 Å². The molecule has 3 N–H and O–H groups in total. The van der Waals surface area contributed by atoms with E-state index in [0.29, 0.717) is 10.2 Å². The molecular formula is C14H9Br2N5O2. The maximum atomic E-state index is 12.1. The Morgan fingerprint density at radius 3 is 2.87 bits per heavy atom. The lowest BCUT2D eigenvalue weighted by Gasteiger charge is -2.12. The Morgan fingerprint density at radius 1 is 1.48 bits per heavy atom. The van der Waals surface area contributed by atoms with Gasteiger partial charge in [-0.2, -0.15) is 10.4 Å². The molecule has 0 atom stereocenters. The van der Waals surface area contributed by atoms with Crippen LogP contribution in [0.3, 0.4) is 0 Å². The van der Waals surface area contributed by atoms with E-state index in [1.165, 1.54) is 17.9 Å². The highest BCUT2D eigenvalue weighted by atomic mass is 79.9. The Bertz CT molecular complexity index is 983. The summed E-state index contributed by atoms with van der Waals surface area (Å²) in [6.07, 6.45) is 3.13. The molecule has 0 aliphatic heterocycles. The fraction of sp³-hybridized carbons (Fsp3) is 0.0714. The molecule has 0 saturated heterocycles. The minimum Gasteiger partial charge on any atom is -0.464 e. The van der Waals surface area contributed by atoms with Gasteiger partial charge in [0.2, 0.25) is 0 Å². The molecule has 9 heteroatoms. The van der Waals surface area contributed by atoms with Gasteiger partial charge in [0.05, 0.1) is 35.8 Å². The number of benzene rings is 1. The number of hydrogen-bond acceptors (Lipinski definition) is 5. The van der Waals surface area contributed by atoms with Crippen LogP contribution in [0.15, 0.2) is 27.4 Å². The molecule has 7 nitrogen and oxygen atoms in total. The number of hydrogen-bond donors (Lipinski definition) is 2. The molecule has 0 radical (unpaired) electrons. The number of aromatic amines is 1. The number of halogens is 2. The van der Waals surface area contributed by atoms with Crippen LogP contribution in [0.25, 0.3) is 16.6 Å². The van der Waals surface area contributed by atoms with Gasteiger partial charge < -0.3 is 15.0 Å². The smallest absolute Gasteiger partial charge is 0.357 e. The predicted molar refractivity (Wildman–Crippen MR) is 91.3 cm³/mol. The van der Waals surface area contributed by atoms with Crippen molar-refractivity contribution in [2.45, 2.75) is 0 Å². The number of nitrogen functional groups attached to an aromatic ring is 1. The van der Waals surface area contributed by atoms with Crippen molar-refractivity contribution >= 4 is 54.4 Å². The van der Waals surface area contributed by atoms with Crippen LogP contribution in [-0.2, 0) is 4.74 Å². The number of methoxy groups -OCH3 is 1. The van der Waals surface area contributed by atoms with Gasteiger partial charge in [0.1, 0.15) is 6.07 Å². The lowest BCUT2D eigenvalue weighted by atomic mass is 10.2. The first-order valence-corrected chi connectivity index (χ1v) is 7.88. The van der Waals surface area contributed by atoms with Crippen molar-refractivity contribution in [1.29, 1.82) is 5.26 Å². The van der Waals surface area contributed by atoms with Crippen LogP contribution in [0.1, 0.15) is 16.1 Å². The Morgan fingerprint density at radius 2 is 2.22 bits per heavy atom. The van der Waals surface area contributed by atoms with E-state index < -0.39 is 5.97 Å². The lowest BCUT2D eigenvalue weighted by Crippen LogP contribution is -2.11. The second-order valence-corrected chi connectivity index (χ2v) is 6.33. The number of H-pyrrole nitrogens is 1. The van der Waals surface area contributed by atoms with Crippen molar-refractivity contribution in [2.75, 3.05) is 12.8 Å². The van der Waals surface area contributed by atoms with E-state index in [2.05, 4.69) is 42.1 Å². The number of nitrogens with one attached hydrogen (secondary N) is 1. The van der Waals surface area contributed by atoms with E-state index in [4.69, 9.17) is 10.5 Å². The summed E-state index contributed by atoms with van der Waals surface area (Å²) in [7, 11) is 1.26. The molecule has 0 spiro atoms. The second-order valence-electron chi connectivity index (χ2n) is 4.63. The van der Waals surface area contributed by atoms with Crippen LogP contribution in [0.4, 0.5) is 5.69 Å². The lowest BCUT2D eigenvalue weighted by molar-refractivity contribution is 0.0593. The largest absolute Gasteiger partial charge is 0.464 e. The zero-order chi connectivity index (χ0) is 16.7. The van der Waals surface area contributed by atoms with Crippen molar-refractivity contribution in [2.24, 2.45) is 0 Å². The number of nitrogens with two attached hydrogens (primary N) is 1. The Balaban J connectivity index is 2.43. The summed E-state index contributed by atoms with van der Waals surface area (Å²) < 4.78 is 7.84. The fourth-order valence-corrected chi connectivity index (χ4v) is 3.84. The number of anilines is 1. The zero-order valence-electron chi connectivity index (χ0n) is 11.7. The first-order valence-electron chi connectivity index (χ1n) is 6.30. The molecule has 0 unspecified atom stereocenters. The van der Waals surface area contributed by atoms with Gasteiger partial charge in [0, 0.05) is 20.5 Å².